The zero-order valence-corrected chi connectivity index (χ0v) is 19.0. The topological polar surface area (TPSA) is 88.5 Å². The maximum absolute atomic E-state index is 12.8. The van der Waals surface area contributed by atoms with Crippen LogP contribution in [0.5, 0.6) is 5.75 Å². The van der Waals surface area contributed by atoms with E-state index in [0.717, 1.165) is 31.5 Å². The van der Waals surface area contributed by atoms with Crippen molar-refractivity contribution in [1.82, 2.24) is 10.3 Å². The second-order valence-corrected chi connectivity index (χ2v) is 9.15. The van der Waals surface area contributed by atoms with E-state index in [9.17, 15) is 14.7 Å². The number of carbonyl (C=O) groups is 2. The standard InChI is InChI=1S/C24H20N2O4S2/c1-14-21(26-23(32-14)20-7-4-10-31-20)22(27)25-13-18-12-16(8-9-19(18)30-2)15-5-3-6-17(11-15)24(28)29/h3-12H,13H2,1-2H3,(H,25,27)(H,28,29). The van der Waals surface area contributed by atoms with Gasteiger partial charge in [-0.2, -0.15) is 0 Å². The Morgan fingerprint density at radius 3 is 2.62 bits per heavy atom. The van der Waals surface area contributed by atoms with Crippen molar-refractivity contribution >= 4 is 34.6 Å². The molecule has 2 heterocycles. The van der Waals surface area contributed by atoms with Gasteiger partial charge in [-0.1, -0.05) is 24.3 Å². The van der Waals surface area contributed by atoms with Crippen LogP contribution in [0.2, 0.25) is 0 Å². The van der Waals surface area contributed by atoms with Gasteiger partial charge in [0.15, 0.2) is 0 Å². The Morgan fingerprint density at radius 1 is 1.09 bits per heavy atom. The number of aromatic nitrogens is 1. The van der Waals surface area contributed by atoms with Crippen LogP contribution >= 0.6 is 22.7 Å². The summed E-state index contributed by atoms with van der Waals surface area (Å²) < 4.78 is 5.46. The van der Waals surface area contributed by atoms with Crippen LogP contribution in [0.25, 0.3) is 21.0 Å². The number of aryl methyl sites for hydroxylation is 1. The van der Waals surface area contributed by atoms with Crippen LogP contribution < -0.4 is 10.1 Å². The summed E-state index contributed by atoms with van der Waals surface area (Å²) in [6, 6.07) is 16.2. The SMILES string of the molecule is COc1ccc(-c2cccc(C(=O)O)c2)cc1CNC(=O)c1nc(-c2cccs2)sc1C. The summed E-state index contributed by atoms with van der Waals surface area (Å²) in [5.74, 6) is -0.590. The summed E-state index contributed by atoms with van der Waals surface area (Å²) >= 11 is 3.09. The van der Waals surface area contributed by atoms with Crippen LogP contribution in [0.4, 0.5) is 0 Å². The van der Waals surface area contributed by atoms with Gasteiger partial charge in [-0.3, -0.25) is 4.79 Å². The molecule has 0 saturated heterocycles. The monoisotopic (exact) mass is 464 g/mol. The first-order chi connectivity index (χ1) is 15.5. The molecule has 0 saturated carbocycles. The third kappa shape index (κ3) is 4.56. The summed E-state index contributed by atoms with van der Waals surface area (Å²) in [6.45, 7) is 2.14. The first kappa shape index (κ1) is 21.7. The highest BCUT2D eigenvalue weighted by Gasteiger charge is 2.17. The van der Waals surface area contributed by atoms with E-state index >= 15 is 0 Å². The lowest BCUT2D eigenvalue weighted by Gasteiger charge is -2.12. The van der Waals surface area contributed by atoms with Gasteiger partial charge in [0.05, 0.1) is 17.6 Å². The lowest BCUT2D eigenvalue weighted by Crippen LogP contribution is -2.24. The smallest absolute Gasteiger partial charge is 0.335 e. The van der Waals surface area contributed by atoms with E-state index in [-0.39, 0.29) is 18.0 Å². The van der Waals surface area contributed by atoms with Crippen molar-refractivity contribution in [2.75, 3.05) is 7.11 Å². The number of carboxylic acids is 1. The summed E-state index contributed by atoms with van der Waals surface area (Å²) in [5.41, 5.74) is 3.03. The number of aromatic carboxylic acids is 1. The van der Waals surface area contributed by atoms with Gasteiger partial charge in [0.1, 0.15) is 16.5 Å². The molecule has 0 bridgehead atoms. The number of methoxy groups -OCH3 is 1. The Kier molecular flexibility index (Phi) is 6.34. The molecule has 2 aromatic carbocycles. The number of carboxylic acid groups (broad SMARTS) is 1. The summed E-state index contributed by atoms with van der Waals surface area (Å²) in [4.78, 5) is 30.5. The van der Waals surface area contributed by atoms with Gasteiger partial charge in [0.2, 0.25) is 0 Å². The van der Waals surface area contributed by atoms with E-state index in [1.54, 1.807) is 36.6 Å². The van der Waals surface area contributed by atoms with Gasteiger partial charge in [0.25, 0.3) is 5.91 Å². The average Bonchev–Trinajstić information content (AvgIpc) is 3.47. The van der Waals surface area contributed by atoms with Crippen LogP contribution in [-0.2, 0) is 6.54 Å². The Hall–Kier alpha value is -3.49. The molecule has 0 aliphatic carbocycles. The molecular weight excluding hydrogens is 444 g/mol. The molecule has 0 unspecified atom stereocenters. The first-order valence-corrected chi connectivity index (χ1v) is 11.5. The van der Waals surface area contributed by atoms with Gasteiger partial charge >= 0.3 is 5.97 Å². The lowest BCUT2D eigenvalue weighted by molar-refractivity contribution is 0.0696. The van der Waals surface area contributed by atoms with Gasteiger partial charge in [-0.25, -0.2) is 9.78 Å². The predicted molar refractivity (Wildman–Crippen MR) is 127 cm³/mol. The first-order valence-electron chi connectivity index (χ1n) is 9.76. The number of benzene rings is 2. The molecule has 4 rings (SSSR count). The molecule has 0 atom stereocenters. The Bertz CT molecular complexity index is 1280. The summed E-state index contributed by atoms with van der Waals surface area (Å²) in [6.07, 6.45) is 0. The Morgan fingerprint density at radius 2 is 1.91 bits per heavy atom. The highest BCUT2D eigenvalue weighted by Crippen LogP contribution is 2.31. The zero-order valence-electron chi connectivity index (χ0n) is 17.4. The zero-order chi connectivity index (χ0) is 22.7. The number of rotatable bonds is 7. The van der Waals surface area contributed by atoms with E-state index in [0.29, 0.717) is 11.4 Å². The fraction of sp³-hybridized carbons (Fsp3) is 0.125. The minimum Gasteiger partial charge on any atom is -0.496 e. The van der Waals surface area contributed by atoms with Crippen LogP contribution in [0.3, 0.4) is 0 Å². The van der Waals surface area contributed by atoms with Crippen LogP contribution in [0.1, 0.15) is 31.3 Å². The number of thiazole rings is 1. The molecule has 0 spiro atoms. The van der Waals surface area contributed by atoms with E-state index in [1.165, 1.54) is 11.3 Å². The normalized spacial score (nSPS) is 10.7. The third-order valence-corrected chi connectivity index (χ3v) is 6.92. The van der Waals surface area contributed by atoms with Gasteiger partial charge in [0, 0.05) is 17.0 Å². The predicted octanol–water partition coefficient (Wildman–Crippen LogP) is 5.48. The number of hydrogen-bond acceptors (Lipinski definition) is 6. The highest BCUT2D eigenvalue weighted by molar-refractivity contribution is 7.21. The minimum absolute atomic E-state index is 0.216. The largest absolute Gasteiger partial charge is 0.496 e. The summed E-state index contributed by atoms with van der Waals surface area (Å²) in [5, 5.41) is 15.0. The number of thiophene rings is 1. The molecule has 0 fully saturated rings. The number of nitrogens with zero attached hydrogens (tertiary/aromatic N) is 1. The fourth-order valence-corrected chi connectivity index (χ4v) is 5.01. The number of carbonyl (C=O) groups excluding carboxylic acids is 1. The molecule has 32 heavy (non-hydrogen) atoms. The van der Waals surface area contributed by atoms with Crippen molar-refractivity contribution in [3.8, 4) is 26.8 Å². The van der Waals surface area contributed by atoms with E-state index in [4.69, 9.17) is 4.74 Å². The number of hydrogen-bond donors (Lipinski definition) is 2. The number of amides is 1. The van der Waals surface area contributed by atoms with Crippen LogP contribution in [-0.4, -0.2) is 29.1 Å². The molecular formula is C24H20N2O4S2. The molecule has 1 amide bonds. The van der Waals surface area contributed by atoms with E-state index in [1.807, 2.05) is 48.7 Å². The van der Waals surface area contributed by atoms with Gasteiger partial charge < -0.3 is 15.2 Å². The van der Waals surface area contributed by atoms with Crippen molar-refractivity contribution in [1.29, 1.82) is 0 Å². The molecule has 4 aromatic rings. The van der Waals surface area contributed by atoms with Gasteiger partial charge in [-0.05, 0) is 53.8 Å². The van der Waals surface area contributed by atoms with Crippen LogP contribution in [0.15, 0.2) is 60.0 Å². The van der Waals surface area contributed by atoms with Crippen molar-refractivity contribution < 1.29 is 19.4 Å². The number of nitrogens with one attached hydrogen (secondary N) is 1. The Balaban J connectivity index is 1.55. The number of ether oxygens (including phenoxy) is 1. The molecule has 2 N–H and O–H groups in total. The average molecular weight is 465 g/mol. The highest BCUT2D eigenvalue weighted by atomic mass is 32.1. The molecule has 2 aromatic heterocycles. The molecule has 0 radical (unpaired) electrons. The van der Waals surface area contributed by atoms with Crippen LogP contribution in [0, 0.1) is 6.92 Å². The van der Waals surface area contributed by atoms with Crippen molar-refractivity contribution in [2.24, 2.45) is 0 Å². The molecule has 0 aliphatic heterocycles. The minimum atomic E-state index is -0.978. The van der Waals surface area contributed by atoms with Gasteiger partial charge in [-0.15, -0.1) is 22.7 Å². The van der Waals surface area contributed by atoms with E-state index in [2.05, 4.69) is 10.3 Å². The van der Waals surface area contributed by atoms with Crippen molar-refractivity contribution in [2.45, 2.75) is 13.5 Å². The fourth-order valence-electron chi connectivity index (χ4n) is 3.30. The lowest BCUT2D eigenvalue weighted by atomic mass is 10.0. The molecule has 8 heteroatoms. The second-order valence-electron chi connectivity index (χ2n) is 7.00. The molecule has 162 valence electrons. The molecule has 6 nitrogen and oxygen atoms in total. The van der Waals surface area contributed by atoms with E-state index < -0.39 is 5.97 Å². The summed E-state index contributed by atoms with van der Waals surface area (Å²) in [7, 11) is 1.57. The maximum Gasteiger partial charge on any atom is 0.335 e. The quantitative estimate of drug-likeness (QED) is 0.378. The molecule has 0 aliphatic rings. The second kappa shape index (κ2) is 9.33. The Labute approximate surface area is 193 Å². The van der Waals surface area contributed by atoms with Crippen molar-refractivity contribution in [3.63, 3.8) is 0 Å². The van der Waals surface area contributed by atoms with Crippen molar-refractivity contribution in [3.05, 3.63) is 81.7 Å². The third-order valence-electron chi connectivity index (χ3n) is 4.91. The maximum atomic E-state index is 12.8.